The van der Waals surface area contributed by atoms with Crippen LogP contribution in [0.5, 0.6) is 0 Å². The number of nitrogens with zero attached hydrogens (tertiary/aromatic N) is 3. The van der Waals surface area contributed by atoms with Gasteiger partial charge in [0.2, 0.25) is 11.7 Å². The summed E-state index contributed by atoms with van der Waals surface area (Å²) in [5.74, 6) is -0.191. The summed E-state index contributed by atoms with van der Waals surface area (Å²) in [5.41, 5.74) is 0.766. The number of hydrogen-bond donors (Lipinski definition) is 0. The molecule has 0 bridgehead atoms. The summed E-state index contributed by atoms with van der Waals surface area (Å²) in [6.07, 6.45) is 4.14. The lowest BCUT2D eigenvalue weighted by molar-refractivity contribution is -0.305. The molecule has 0 unspecified atom stereocenters. The second-order valence-corrected chi connectivity index (χ2v) is 3.48. The van der Waals surface area contributed by atoms with Crippen LogP contribution in [0.2, 0.25) is 0 Å². The Morgan fingerprint density at radius 3 is 3.06 bits per heavy atom. The molecule has 0 radical (unpaired) electrons. The molecule has 2 heterocycles. The predicted molar refractivity (Wildman–Crippen MR) is 55.5 cm³/mol. The van der Waals surface area contributed by atoms with E-state index in [4.69, 9.17) is 4.52 Å². The Labute approximate surface area is 97.3 Å². The van der Waals surface area contributed by atoms with Crippen LogP contribution in [0, 0.1) is 0 Å². The van der Waals surface area contributed by atoms with E-state index in [2.05, 4.69) is 15.1 Å². The molecule has 0 amide bonds. The zero-order chi connectivity index (χ0) is 12.1. The monoisotopic (exact) mass is 232 g/mol. The summed E-state index contributed by atoms with van der Waals surface area (Å²) in [6, 6.07) is 3.60. The number of pyridine rings is 1. The van der Waals surface area contributed by atoms with Gasteiger partial charge in [0.25, 0.3) is 0 Å². The molecule has 6 nitrogen and oxygen atoms in total. The van der Waals surface area contributed by atoms with E-state index in [0.29, 0.717) is 24.6 Å². The van der Waals surface area contributed by atoms with E-state index in [9.17, 15) is 9.90 Å². The molecule has 0 saturated heterocycles. The third-order valence-electron chi connectivity index (χ3n) is 2.16. The van der Waals surface area contributed by atoms with Crippen molar-refractivity contribution in [1.29, 1.82) is 0 Å². The number of aliphatic carboxylic acids is 1. The maximum Gasteiger partial charge on any atom is 0.226 e. The van der Waals surface area contributed by atoms with Gasteiger partial charge in [-0.3, -0.25) is 4.98 Å². The maximum atomic E-state index is 10.2. The van der Waals surface area contributed by atoms with Gasteiger partial charge in [0, 0.05) is 30.3 Å². The average Bonchev–Trinajstić information content (AvgIpc) is 2.78. The quantitative estimate of drug-likeness (QED) is 0.731. The van der Waals surface area contributed by atoms with Gasteiger partial charge < -0.3 is 14.4 Å². The number of aromatic nitrogens is 3. The van der Waals surface area contributed by atoms with Crippen molar-refractivity contribution in [3.8, 4) is 11.4 Å². The summed E-state index contributed by atoms with van der Waals surface area (Å²) < 4.78 is 5.00. The Bertz CT molecular complexity index is 496. The summed E-state index contributed by atoms with van der Waals surface area (Å²) >= 11 is 0. The standard InChI is InChI=1S/C11H11N3O3/c15-10(16)5-1-4-9-13-11(14-17-9)8-3-2-6-12-7-8/h2-3,6-7H,1,4-5H2,(H,15,16)/p-1. The fourth-order valence-corrected chi connectivity index (χ4v) is 1.35. The minimum atomic E-state index is -1.07. The van der Waals surface area contributed by atoms with Crippen molar-refractivity contribution in [3.63, 3.8) is 0 Å². The van der Waals surface area contributed by atoms with Crippen LogP contribution in [0.25, 0.3) is 11.4 Å². The molecule has 88 valence electrons. The Kier molecular flexibility index (Phi) is 3.44. The lowest BCUT2D eigenvalue weighted by atomic mass is 10.2. The largest absolute Gasteiger partial charge is 0.550 e. The molecule has 6 heteroatoms. The molecule has 0 spiro atoms. The van der Waals surface area contributed by atoms with Gasteiger partial charge in [-0.1, -0.05) is 5.16 Å². The molecular weight excluding hydrogens is 222 g/mol. The summed E-state index contributed by atoms with van der Waals surface area (Å²) in [7, 11) is 0. The Morgan fingerprint density at radius 1 is 1.47 bits per heavy atom. The highest BCUT2D eigenvalue weighted by molar-refractivity contribution is 5.64. The molecule has 17 heavy (non-hydrogen) atoms. The van der Waals surface area contributed by atoms with E-state index in [1.165, 1.54) is 0 Å². The van der Waals surface area contributed by atoms with Crippen LogP contribution >= 0.6 is 0 Å². The van der Waals surface area contributed by atoms with Gasteiger partial charge in [-0.15, -0.1) is 0 Å². The molecule has 2 aromatic rings. The van der Waals surface area contributed by atoms with Crippen molar-refractivity contribution < 1.29 is 14.4 Å². The highest BCUT2D eigenvalue weighted by Crippen LogP contribution is 2.14. The first-order chi connectivity index (χ1) is 8.25. The Morgan fingerprint density at radius 2 is 2.35 bits per heavy atom. The minimum Gasteiger partial charge on any atom is -0.550 e. The fraction of sp³-hybridized carbons (Fsp3) is 0.273. The second kappa shape index (κ2) is 5.20. The molecule has 0 fully saturated rings. The van der Waals surface area contributed by atoms with Crippen LogP contribution in [-0.4, -0.2) is 21.1 Å². The fourth-order valence-electron chi connectivity index (χ4n) is 1.35. The molecule has 0 N–H and O–H groups in total. The molecule has 0 aromatic carbocycles. The van der Waals surface area contributed by atoms with Crippen molar-refractivity contribution in [3.05, 3.63) is 30.4 Å². The summed E-state index contributed by atoms with van der Waals surface area (Å²) in [6.45, 7) is 0. The van der Waals surface area contributed by atoms with Crippen LogP contribution in [0.3, 0.4) is 0 Å². The van der Waals surface area contributed by atoms with Crippen molar-refractivity contribution in [2.75, 3.05) is 0 Å². The minimum absolute atomic E-state index is 0.00932. The number of carbonyl (C=O) groups is 1. The van der Waals surface area contributed by atoms with Gasteiger partial charge >= 0.3 is 0 Å². The number of rotatable bonds is 5. The SMILES string of the molecule is O=C([O-])CCCc1nc(-c2cccnc2)no1. The highest BCUT2D eigenvalue weighted by atomic mass is 16.5. The van der Waals surface area contributed by atoms with E-state index >= 15 is 0 Å². The molecule has 0 aliphatic heterocycles. The highest BCUT2D eigenvalue weighted by Gasteiger charge is 2.07. The third kappa shape index (κ3) is 3.10. The van der Waals surface area contributed by atoms with Crippen LogP contribution in [0.1, 0.15) is 18.7 Å². The molecule has 0 aliphatic carbocycles. The van der Waals surface area contributed by atoms with Crippen molar-refractivity contribution in [2.24, 2.45) is 0 Å². The average molecular weight is 232 g/mol. The van der Waals surface area contributed by atoms with E-state index in [1.807, 2.05) is 6.07 Å². The van der Waals surface area contributed by atoms with E-state index in [0.717, 1.165) is 5.56 Å². The van der Waals surface area contributed by atoms with E-state index < -0.39 is 5.97 Å². The normalized spacial score (nSPS) is 10.4. The van der Waals surface area contributed by atoms with Gasteiger partial charge in [0.05, 0.1) is 0 Å². The first-order valence-corrected chi connectivity index (χ1v) is 5.18. The molecule has 0 atom stereocenters. The molecule has 0 saturated carbocycles. The number of carbonyl (C=O) groups excluding carboxylic acids is 1. The Hall–Kier alpha value is -2.24. The van der Waals surface area contributed by atoms with Crippen LogP contribution in [-0.2, 0) is 11.2 Å². The van der Waals surface area contributed by atoms with Crippen LogP contribution < -0.4 is 5.11 Å². The van der Waals surface area contributed by atoms with Crippen molar-refractivity contribution in [2.45, 2.75) is 19.3 Å². The first kappa shape index (κ1) is 11.3. The summed E-state index contributed by atoms with van der Waals surface area (Å²) in [5, 5.41) is 14.0. The smallest absolute Gasteiger partial charge is 0.226 e. The van der Waals surface area contributed by atoms with Gasteiger partial charge in [-0.05, 0) is 25.0 Å². The molecular formula is C11H10N3O3-. The number of carboxylic acid groups (broad SMARTS) is 1. The van der Waals surface area contributed by atoms with Crippen LogP contribution in [0.4, 0.5) is 0 Å². The number of hydrogen-bond acceptors (Lipinski definition) is 6. The van der Waals surface area contributed by atoms with E-state index in [-0.39, 0.29) is 6.42 Å². The second-order valence-electron chi connectivity index (χ2n) is 3.48. The van der Waals surface area contributed by atoms with Crippen molar-refractivity contribution >= 4 is 5.97 Å². The molecule has 0 aliphatic rings. The predicted octanol–water partition coefficient (Wildman–Crippen LogP) is 0.204. The van der Waals surface area contributed by atoms with E-state index in [1.54, 1.807) is 18.5 Å². The lowest BCUT2D eigenvalue weighted by Crippen LogP contribution is -2.21. The summed E-state index contributed by atoms with van der Waals surface area (Å²) in [4.78, 5) is 18.3. The van der Waals surface area contributed by atoms with Gasteiger partial charge in [0.1, 0.15) is 0 Å². The van der Waals surface area contributed by atoms with Gasteiger partial charge in [0.15, 0.2) is 0 Å². The molecule has 2 rings (SSSR count). The third-order valence-corrected chi connectivity index (χ3v) is 2.16. The first-order valence-electron chi connectivity index (χ1n) is 5.18. The van der Waals surface area contributed by atoms with Gasteiger partial charge in [-0.25, -0.2) is 0 Å². The Balaban J connectivity index is 1.99. The number of carboxylic acids is 1. The van der Waals surface area contributed by atoms with Crippen LogP contribution in [0.15, 0.2) is 29.0 Å². The van der Waals surface area contributed by atoms with Crippen molar-refractivity contribution in [1.82, 2.24) is 15.1 Å². The molecule has 2 aromatic heterocycles. The van der Waals surface area contributed by atoms with Gasteiger partial charge in [-0.2, -0.15) is 4.98 Å². The zero-order valence-electron chi connectivity index (χ0n) is 9.00. The topological polar surface area (TPSA) is 91.9 Å². The lowest BCUT2D eigenvalue weighted by Gasteiger charge is -1.97. The zero-order valence-corrected chi connectivity index (χ0v) is 9.00. The number of aryl methyl sites for hydroxylation is 1. The maximum absolute atomic E-state index is 10.2.